The van der Waals surface area contributed by atoms with Crippen LogP contribution in [0.15, 0.2) is 18.2 Å². The van der Waals surface area contributed by atoms with E-state index in [1.807, 2.05) is 6.92 Å². The van der Waals surface area contributed by atoms with Crippen LogP contribution in [0.5, 0.6) is 5.75 Å². The normalized spacial score (nSPS) is 10.0. The molecule has 0 amide bonds. The van der Waals surface area contributed by atoms with Crippen molar-refractivity contribution in [2.24, 2.45) is 0 Å². The third kappa shape index (κ3) is 3.09. The standard InChI is InChI=1S/C10H12ClNO3/c1-2-3-7-15-10-8(11)5-4-6-9(10)12(13)14/h4-6H,2-3,7H2,1H3. The highest BCUT2D eigenvalue weighted by atomic mass is 35.5. The van der Waals surface area contributed by atoms with E-state index in [9.17, 15) is 10.1 Å². The Morgan fingerprint density at radius 3 is 2.87 bits per heavy atom. The second kappa shape index (κ2) is 5.56. The van der Waals surface area contributed by atoms with E-state index >= 15 is 0 Å². The number of benzene rings is 1. The summed E-state index contributed by atoms with van der Waals surface area (Å²) in [6.45, 7) is 2.46. The van der Waals surface area contributed by atoms with Crippen molar-refractivity contribution in [1.82, 2.24) is 0 Å². The third-order valence-corrected chi connectivity index (χ3v) is 2.18. The maximum Gasteiger partial charge on any atom is 0.312 e. The highest BCUT2D eigenvalue weighted by molar-refractivity contribution is 6.32. The van der Waals surface area contributed by atoms with Crippen LogP contribution in [-0.4, -0.2) is 11.5 Å². The molecule has 0 saturated carbocycles. The molecule has 1 rings (SSSR count). The van der Waals surface area contributed by atoms with Gasteiger partial charge in [0.2, 0.25) is 5.75 Å². The minimum Gasteiger partial charge on any atom is -0.486 e. The first-order chi connectivity index (χ1) is 7.16. The molecule has 0 spiro atoms. The van der Waals surface area contributed by atoms with E-state index in [4.69, 9.17) is 16.3 Å². The van der Waals surface area contributed by atoms with E-state index < -0.39 is 4.92 Å². The van der Waals surface area contributed by atoms with E-state index in [-0.39, 0.29) is 16.5 Å². The van der Waals surface area contributed by atoms with Gasteiger partial charge in [-0.1, -0.05) is 31.0 Å². The average Bonchev–Trinajstić information content (AvgIpc) is 2.20. The summed E-state index contributed by atoms with van der Waals surface area (Å²) in [4.78, 5) is 10.2. The number of rotatable bonds is 5. The molecule has 0 aliphatic carbocycles. The molecular weight excluding hydrogens is 218 g/mol. The summed E-state index contributed by atoms with van der Waals surface area (Å²) in [6.07, 6.45) is 1.82. The molecular formula is C10H12ClNO3. The lowest BCUT2D eigenvalue weighted by Gasteiger charge is -2.07. The Hall–Kier alpha value is -1.29. The molecule has 0 atom stereocenters. The number of ether oxygens (including phenoxy) is 1. The summed E-state index contributed by atoms with van der Waals surface area (Å²) >= 11 is 5.82. The second-order valence-electron chi connectivity index (χ2n) is 3.05. The monoisotopic (exact) mass is 229 g/mol. The van der Waals surface area contributed by atoms with Gasteiger partial charge in [-0.2, -0.15) is 0 Å². The van der Waals surface area contributed by atoms with Gasteiger partial charge in [0.05, 0.1) is 16.6 Å². The molecule has 0 radical (unpaired) electrons. The topological polar surface area (TPSA) is 52.4 Å². The van der Waals surface area contributed by atoms with Gasteiger partial charge in [0.25, 0.3) is 0 Å². The van der Waals surface area contributed by atoms with Crippen molar-refractivity contribution in [3.05, 3.63) is 33.3 Å². The molecule has 0 fully saturated rings. The molecule has 0 N–H and O–H groups in total. The zero-order valence-electron chi connectivity index (χ0n) is 8.40. The van der Waals surface area contributed by atoms with Crippen LogP contribution in [0, 0.1) is 10.1 Å². The smallest absolute Gasteiger partial charge is 0.312 e. The summed E-state index contributed by atoms with van der Waals surface area (Å²) in [5, 5.41) is 11.0. The molecule has 0 heterocycles. The number of halogens is 1. The maximum atomic E-state index is 10.7. The van der Waals surface area contributed by atoms with Crippen molar-refractivity contribution in [2.75, 3.05) is 6.61 Å². The summed E-state index contributed by atoms with van der Waals surface area (Å²) in [5.74, 6) is 0.164. The number of para-hydroxylation sites is 1. The lowest BCUT2D eigenvalue weighted by molar-refractivity contribution is -0.385. The molecule has 1 aromatic rings. The number of hydrogen-bond donors (Lipinski definition) is 0. The van der Waals surface area contributed by atoms with E-state index in [2.05, 4.69) is 0 Å². The largest absolute Gasteiger partial charge is 0.486 e. The van der Waals surface area contributed by atoms with Crippen molar-refractivity contribution in [1.29, 1.82) is 0 Å². The zero-order chi connectivity index (χ0) is 11.3. The Balaban J connectivity index is 2.87. The van der Waals surface area contributed by atoms with Crippen molar-refractivity contribution in [2.45, 2.75) is 19.8 Å². The van der Waals surface area contributed by atoms with Crippen LogP contribution in [0.1, 0.15) is 19.8 Å². The van der Waals surface area contributed by atoms with Gasteiger partial charge in [-0.05, 0) is 12.5 Å². The van der Waals surface area contributed by atoms with Crippen molar-refractivity contribution >= 4 is 17.3 Å². The Morgan fingerprint density at radius 2 is 2.27 bits per heavy atom. The minimum absolute atomic E-state index is 0.0846. The Kier molecular flexibility index (Phi) is 4.37. The van der Waals surface area contributed by atoms with Crippen LogP contribution < -0.4 is 4.74 Å². The highest BCUT2D eigenvalue weighted by Crippen LogP contribution is 2.34. The van der Waals surface area contributed by atoms with Gasteiger partial charge in [0.15, 0.2) is 0 Å². The van der Waals surface area contributed by atoms with Crippen LogP contribution in [0.2, 0.25) is 5.02 Å². The van der Waals surface area contributed by atoms with Gasteiger partial charge in [-0.15, -0.1) is 0 Å². The second-order valence-corrected chi connectivity index (χ2v) is 3.45. The predicted octanol–water partition coefficient (Wildman–Crippen LogP) is 3.43. The van der Waals surface area contributed by atoms with Crippen LogP contribution >= 0.6 is 11.6 Å². The fourth-order valence-corrected chi connectivity index (χ4v) is 1.33. The molecule has 82 valence electrons. The highest BCUT2D eigenvalue weighted by Gasteiger charge is 2.17. The van der Waals surface area contributed by atoms with E-state index in [1.165, 1.54) is 12.1 Å². The molecule has 4 nitrogen and oxygen atoms in total. The first-order valence-electron chi connectivity index (χ1n) is 4.72. The van der Waals surface area contributed by atoms with Crippen molar-refractivity contribution < 1.29 is 9.66 Å². The molecule has 5 heteroatoms. The summed E-state index contributed by atoms with van der Waals surface area (Å²) < 4.78 is 5.30. The lowest BCUT2D eigenvalue weighted by Crippen LogP contribution is -2.00. The van der Waals surface area contributed by atoms with E-state index in [1.54, 1.807) is 6.07 Å². The fraction of sp³-hybridized carbons (Fsp3) is 0.400. The third-order valence-electron chi connectivity index (χ3n) is 1.89. The molecule has 0 aromatic heterocycles. The first kappa shape index (κ1) is 11.8. The number of unbranched alkanes of at least 4 members (excludes halogenated alkanes) is 1. The SMILES string of the molecule is CCCCOc1c(Cl)cccc1[N+](=O)[O-]. The van der Waals surface area contributed by atoms with Crippen molar-refractivity contribution in [3.8, 4) is 5.75 Å². The van der Waals surface area contributed by atoms with Gasteiger partial charge in [0.1, 0.15) is 0 Å². The first-order valence-corrected chi connectivity index (χ1v) is 5.10. The molecule has 0 unspecified atom stereocenters. The van der Waals surface area contributed by atoms with Gasteiger partial charge in [0, 0.05) is 6.07 Å². The average molecular weight is 230 g/mol. The van der Waals surface area contributed by atoms with Gasteiger partial charge >= 0.3 is 5.69 Å². The van der Waals surface area contributed by atoms with Crippen LogP contribution in [0.4, 0.5) is 5.69 Å². The van der Waals surface area contributed by atoms with Gasteiger partial charge < -0.3 is 4.74 Å². The summed E-state index contributed by atoms with van der Waals surface area (Å²) in [7, 11) is 0. The Labute approximate surface area is 93.0 Å². The minimum atomic E-state index is -0.493. The molecule has 0 aliphatic heterocycles. The summed E-state index contributed by atoms with van der Waals surface area (Å²) in [5.41, 5.74) is -0.0846. The number of hydrogen-bond acceptors (Lipinski definition) is 3. The fourth-order valence-electron chi connectivity index (χ4n) is 1.10. The quantitative estimate of drug-likeness (QED) is 0.442. The molecule has 15 heavy (non-hydrogen) atoms. The van der Waals surface area contributed by atoms with E-state index in [0.717, 1.165) is 12.8 Å². The maximum absolute atomic E-state index is 10.7. The Morgan fingerprint density at radius 1 is 1.53 bits per heavy atom. The van der Waals surface area contributed by atoms with Crippen LogP contribution in [0.25, 0.3) is 0 Å². The zero-order valence-corrected chi connectivity index (χ0v) is 9.16. The lowest BCUT2D eigenvalue weighted by atomic mass is 10.3. The number of nitrogens with zero attached hydrogens (tertiary/aromatic N) is 1. The molecule has 0 bridgehead atoms. The van der Waals surface area contributed by atoms with Gasteiger partial charge in [-0.25, -0.2) is 0 Å². The predicted molar refractivity (Wildman–Crippen MR) is 58.5 cm³/mol. The molecule has 1 aromatic carbocycles. The van der Waals surface area contributed by atoms with Crippen LogP contribution in [-0.2, 0) is 0 Å². The molecule has 0 saturated heterocycles. The van der Waals surface area contributed by atoms with Crippen molar-refractivity contribution in [3.63, 3.8) is 0 Å². The molecule has 0 aliphatic rings. The summed E-state index contributed by atoms with van der Waals surface area (Å²) in [6, 6.07) is 4.50. The van der Waals surface area contributed by atoms with Crippen LogP contribution in [0.3, 0.4) is 0 Å². The van der Waals surface area contributed by atoms with Gasteiger partial charge in [-0.3, -0.25) is 10.1 Å². The number of nitro benzene ring substituents is 1. The Bertz CT molecular complexity index is 355. The van der Waals surface area contributed by atoms with E-state index in [0.29, 0.717) is 6.61 Å². The number of nitro groups is 1.